The number of halogens is 1. The number of hydrogen-bond acceptors (Lipinski definition) is 8. The molecule has 0 saturated heterocycles. The molecule has 0 spiro atoms. The first-order chi connectivity index (χ1) is 16.6. The third kappa shape index (κ3) is 5.88. The minimum Gasteiger partial charge on any atom is -0.442 e. The number of amides is 1. The van der Waals surface area contributed by atoms with Crippen molar-refractivity contribution in [3.63, 3.8) is 0 Å². The third-order valence-electron chi connectivity index (χ3n) is 4.58. The van der Waals surface area contributed by atoms with Gasteiger partial charge in [0.25, 0.3) is 0 Å². The fraction of sp³-hybridized carbons (Fsp3) is 0.208. The second-order valence-electron chi connectivity index (χ2n) is 8.71. The van der Waals surface area contributed by atoms with Gasteiger partial charge in [-0.05, 0) is 57.2 Å². The Kier molecular flexibility index (Phi) is 6.32. The minimum atomic E-state index is -0.645. The van der Waals surface area contributed by atoms with E-state index in [1.54, 1.807) is 69.4 Å². The van der Waals surface area contributed by atoms with Crippen LogP contribution in [0, 0.1) is 5.82 Å². The highest BCUT2D eigenvalue weighted by Gasteiger charge is 2.20. The van der Waals surface area contributed by atoms with Crippen LogP contribution in [-0.2, 0) is 9.53 Å². The van der Waals surface area contributed by atoms with E-state index >= 15 is 0 Å². The van der Waals surface area contributed by atoms with Crippen molar-refractivity contribution in [2.75, 3.05) is 16.0 Å². The van der Waals surface area contributed by atoms with Crippen LogP contribution >= 0.6 is 0 Å². The largest absolute Gasteiger partial charge is 0.442 e. The highest BCUT2D eigenvalue weighted by molar-refractivity contribution is 5.90. The smallest absolute Gasteiger partial charge is 0.435 e. The van der Waals surface area contributed by atoms with E-state index in [9.17, 15) is 14.0 Å². The Morgan fingerprint density at radius 3 is 2.49 bits per heavy atom. The van der Waals surface area contributed by atoms with Gasteiger partial charge in [0, 0.05) is 29.4 Å². The van der Waals surface area contributed by atoms with Crippen molar-refractivity contribution in [1.29, 1.82) is 0 Å². The quantitative estimate of drug-likeness (QED) is 0.359. The molecule has 180 valence electrons. The zero-order valence-electron chi connectivity index (χ0n) is 19.6. The number of benzene rings is 2. The van der Waals surface area contributed by atoms with Crippen LogP contribution in [0.5, 0.6) is 0 Å². The molecule has 0 atom stereocenters. The molecule has 0 fully saturated rings. The van der Waals surface area contributed by atoms with E-state index < -0.39 is 17.5 Å². The standard InChI is InChI=1S/C24H24FN7O3/c1-14(33)28-16-6-5-7-17(11-16)29-21-19(25)13-26-22(31-21)30-18-8-9-20-15(10-18)12-27-32(20)23(34)35-24(2,3)4/h5-13H,1-4H3,(H,28,33)(H2,26,29,30,31). The molecule has 0 aliphatic rings. The van der Waals surface area contributed by atoms with E-state index in [1.165, 1.54) is 11.6 Å². The van der Waals surface area contributed by atoms with E-state index in [2.05, 4.69) is 31.0 Å². The summed E-state index contributed by atoms with van der Waals surface area (Å²) in [7, 11) is 0. The lowest BCUT2D eigenvalue weighted by Crippen LogP contribution is -2.27. The van der Waals surface area contributed by atoms with E-state index in [0.29, 0.717) is 28.0 Å². The zero-order valence-corrected chi connectivity index (χ0v) is 19.6. The SMILES string of the molecule is CC(=O)Nc1cccc(Nc2nc(Nc3ccc4c(cnn4C(=O)OC(C)(C)C)c3)ncc2F)c1. The van der Waals surface area contributed by atoms with E-state index in [1.807, 2.05) is 0 Å². The first-order valence-corrected chi connectivity index (χ1v) is 10.7. The topological polar surface area (TPSA) is 123 Å². The molecule has 11 heteroatoms. The summed E-state index contributed by atoms with van der Waals surface area (Å²) in [4.78, 5) is 31.9. The summed E-state index contributed by atoms with van der Waals surface area (Å²) < 4.78 is 20.9. The van der Waals surface area contributed by atoms with Crippen LogP contribution in [0.2, 0.25) is 0 Å². The van der Waals surface area contributed by atoms with E-state index in [0.717, 1.165) is 6.20 Å². The normalized spacial score (nSPS) is 11.2. The molecule has 3 N–H and O–H groups in total. The Labute approximate surface area is 200 Å². The summed E-state index contributed by atoms with van der Waals surface area (Å²) in [6.45, 7) is 6.75. The molecule has 10 nitrogen and oxygen atoms in total. The number of fused-ring (bicyclic) bond motifs is 1. The van der Waals surface area contributed by atoms with Gasteiger partial charge in [0.05, 0.1) is 17.9 Å². The van der Waals surface area contributed by atoms with Crippen LogP contribution in [0.1, 0.15) is 27.7 Å². The number of ether oxygens (including phenoxy) is 1. The molecular formula is C24H24FN7O3. The molecule has 1 amide bonds. The second-order valence-corrected chi connectivity index (χ2v) is 8.71. The summed E-state index contributed by atoms with van der Waals surface area (Å²) in [6, 6.07) is 12.0. The average molecular weight is 478 g/mol. The Hall–Kier alpha value is -4.54. The number of hydrogen-bond donors (Lipinski definition) is 3. The van der Waals surface area contributed by atoms with Crippen molar-refractivity contribution >= 4 is 51.7 Å². The molecule has 0 aliphatic carbocycles. The molecule has 2 heterocycles. The molecule has 2 aromatic carbocycles. The van der Waals surface area contributed by atoms with Crippen molar-refractivity contribution in [1.82, 2.24) is 19.7 Å². The first kappa shape index (κ1) is 23.6. The monoisotopic (exact) mass is 477 g/mol. The van der Waals surface area contributed by atoms with Gasteiger partial charge in [-0.25, -0.2) is 14.2 Å². The van der Waals surface area contributed by atoms with Crippen molar-refractivity contribution in [2.24, 2.45) is 0 Å². The highest BCUT2D eigenvalue weighted by Crippen LogP contribution is 2.25. The Morgan fingerprint density at radius 1 is 1.00 bits per heavy atom. The third-order valence-corrected chi connectivity index (χ3v) is 4.58. The predicted octanol–water partition coefficient (Wildman–Crippen LogP) is 5.19. The summed E-state index contributed by atoms with van der Waals surface area (Å²) in [5, 5.41) is 13.4. The van der Waals surface area contributed by atoms with Crippen LogP contribution in [-0.4, -0.2) is 37.3 Å². The van der Waals surface area contributed by atoms with Gasteiger partial charge in [-0.1, -0.05) is 6.07 Å². The van der Waals surface area contributed by atoms with Crippen LogP contribution in [0.25, 0.3) is 10.9 Å². The molecule has 0 saturated carbocycles. The molecule has 35 heavy (non-hydrogen) atoms. The fourth-order valence-electron chi connectivity index (χ4n) is 3.22. The molecular weight excluding hydrogens is 453 g/mol. The van der Waals surface area contributed by atoms with Crippen LogP contribution in [0.15, 0.2) is 54.9 Å². The van der Waals surface area contributed by atoms with Gasteiger partial charge < -0.3 is 20.7 Å². The van der Waals surface area contributed by atoms with Crippen LogP contribution in [0.4, 0.5) is 38.0 Å². The number of nitrogens with one attached hydrogen (secondary N) is 3. The zero-order chi connectivity index (χ0) is 25.2. The number of nitrogens with zero attached hydrogens (tertiary/aromatic N) is 4. The number of carbonyl (C=O) groups excluding carboxylic acids is 2. The van der Waals surface area contributed by atoms with E-state index in [4.69, 9.17) is 4.74 Å². The fourth-order valence-corrected chi connectivity index (χ4v) is 3.22. The summed E-state index contributed by atoms with van der Waals surface area (Å²) >= 11 is 0. The lowest BCUT2D eigenvalue weighted by atomic mass is 10.2. The van der Waals surface area contributed by atoms with Crippen LogP contribution < -0.4 is 16.0 Å². The van der Waals surface area contributed by atoms with Crippen molar-refractivity contribution < 1.29 is 18.7 Å². The van der Waals surface area contributed by atoms with Gasteiger partial charge in [0.1, 0.15) is 5.60 Å². The van der Waals surface area contributed by atoms with Gasteiger partial charge in [-0.15, -0.1) is 0 Å². The molecule has 4 aromatic rings. The number of rotatable bonds is 5. The Bertz CT molecular complexity index is 1410. The van der Waals surface area contributed by atoms with E-state index in [-0.39, 0.29) is 17.7 Å². The second kappa shape index (κ2) is 9.37. The minimum absolute atomic E-state index is 0.0405. The van der Waals surface area contributed by atoms with Crippen molar-refractivity contribution in [2.45, 2.75) is 33.3 Å². The maximum Gasteiger partial charge on any atom is 0.435 e. The Morgan fingerprint density at radius 2 is 1.74 bits per heavy atom. The van der Waals surface area contributed by atoms with Crippen molar-refractivity contribution in [3.8, 4) is 0 Å². The van der Waals surface area contributed by atoms with Crippen molar-refractivity contribution in [3.05, 3.63) is 60.7 Å². The Balaban J connectivity index is 1.53. The summed E-state index contributed by atoms with van der Waals surface area (Å²) in [5.74, 6) is -0.739. The van der Waals surface area contributed by atoms with Crippen LogP contribution in [0.3, 0.4) is 0 Å². The molecule has 2 aromatic heterocycles. The lowest BCUT2D eigenvalue weighted by Gasteiger charge is -2.19. The molecule has 0 aliphatic heterocycles. The first-order valence-electron chi connectivity index (χ1n) is 10.7. The molecule has 0 bridgehead atoms. The number of anilines is 5. The predicted molar refractivity (Wildman–Crippen MR) is 131 cm³/mol. The lowest BCUT2D eigenvalue weighted by molar-refractivity contribution is -0.114. The van der Waals surface area contributed by atoms with Gasteiger partial charge in [-0.3, -0.25) is 4.79 Å². The molecule has 0 unspecified atom stereocenters. The highest BCUT2D eigenvalue weighted by atomic mass is 19.1. The summed E-state index contributed by atoms with van der Waals surface area (Å²) in [6.07, 6.45) is 2.02. The van der Waals surface area contributed by atoms with Gasteiger partial charge in [-0.2, -0.15) is 14.8 Å². The van der Waals surface area contributed by atoms with Gasteiger partial charge in [0.2, 0.25) is 11.9 Å². The van der Waals surface area contributed by atoms with Gasteiger partial charge >= 0.3 is 6.09 Å². The van der Waals surface area contributed by atoms with Gasteiger partial charge in [0.15, 0.2) is 11.6 Å². The molecule has 0 radical (unpaired) electrons. The maximum absolute atomic E-state index is 14.4. The number of aromatic nitrogens is 4. The molecule has 4 rings (SSSR count). The maximum atomic E-state index is 14.4. The summed E-state index contributed by atoms with van der Waals surface area (Å²) in [5.41, 5.74) is 1.65. The average Bonchev–Trinajstić information content (AvgIpc) is 3.18. The number of carbonyl (C=O) groups is 2.